The minimum Gasteiger partial charge on any atom is -0.100 e. The fraction of sp³-hybridized carbons (Fsp3) is 0.714. The fourth-order valence-corrected chi connectivity index (χ4v) is 2.78. The molecule has 0 bridgehead atoms. The molecule has 1 aliphatic carbocycles. The summed E-state index contributed by atoms with van der Waals surface area (Å²) in [5.74, 6) is 1.06. The second-order valence-corrected chi connectivity index (χ2v) is 11.9. The molecule has 0 spiro atoms. The van der Waals surface area contributed by atoms with Crippen LogP contribution in [0.5, 0.6) is 0 Å². The van der Waals surface area contributed by atoms with E-state index in [4.69, 9.17) is 0 Å². The van der Waals surface area contributed by atoms with Crippen molar-refractivity contribution in [2.24, 2.45) is 16.7 Å². The highest BCUT2D eigenvalue weighted by Crippen LogP contribution is 2.28. The molecule has 1 aliphatic rings. The Morgan fingerprint density at radius 3 is 1.23 bits per heavy atom. The minimum absolute atomic E-state index is 0.278. The first-order valence-electron chi connectivity index (χ1n) is 14.1. The van der Waals surface area contributed by atoms with Crippen LogP contribution in [-0.2, 0) is 0 Å². The van der Waals surface area contributed by atoms with E-state index in [1.807, 2.05) is 48.5 Å². The third-order valence-electron chi connectivity index (χ3n) is 4.78. The molecule has 210 valence electrons. The van der Waals surface area contributed by atoms with Gasteiger partial charge in [-0.25, -0.2) is 0 Å². The molecule has 0 heterocycles. The molecule has 0 atom stereocenters. The van der Waals surface area contributed by atoms with Crippen LogP contribution in [-0.4, -0.2) is 0 Å². The first kappa shape index (κ1) is 43.7. The molecular formula is C35H70. The summed E-state index contributed by atoms with van der Waals surface area (Å²) < 4.78 is 0. The summed E-state index contributed by atoms with van der Waals surface area (Å²) in [6.07, 6.45) is 11.1. The Bertz CT molecular complexity index is 571. The highest BCUT2D eigenvalue weighted by Gasteiger charge is 2.14. The van der Waals surface area contributed by atoms with Crippen LogP contribution in [0.2, 0.25) is 0 Å². The maximum atomic E-state index is 3.92. The lowest BCUT2D eigenvalue weighted by molar-refractivity contribution is 0.346. The highest BCUT2D eigenvalue weighted by molar-refractivity contribution is 5.30. The first-order valence-corrected chi connectivity index (χ1v) is 14.1. The summed E-state index contributed by atoms with van der Waals surface area (Å²) in [6, 6.07) is 0. The Kier molecular flexibility index (Phi) is 32.2. The van der Waals surface area contributed by atoms with Crippen molar-refractivity contribution in [2.45, 2.75) is 150 Å². The Hall–Kier alpha value is -1.30. The van der Waals surface area contributed by atoms with Gasteiger partial charge in [-0.05, 0) is 69.8 Å². The van der Waals surface area contributed by atoms with Crippen LogP contribution in [0.3, 0.4) is 0 Å². The summed E-state index contributed by atoms with van der Waals surface area (Å²) in [5, 5.41) is 0. The maximum Gasteiger partial charge on any atom is -0.0170 e. The predicted molar refractivity (Wildman–Crippen MR) is 171 cm³/mol. The standard InChI is InChI=1S/C14H24.C8H16.C5H10.C4H8.2C2H6/c1-8-13(14(5,6)7)10-9-12(4)11(2)3;1-7(2)6-8(3,4)5;1-5-3-2-4-5;1-4(2)3;2*1-2/h9-10H,2,8H2,1,3-7H3;1,6H2,2-5H3;5H,2-4H2,1H3;1H2,2-3H3;2*1-2H3/b12-9-,13-10+;;;;;. The van der Waals surface area contributed by atoms with Crippen molar-refractivity contribution in [1.29, 1.82) is 0 Å². The van der Waals surface area contributed by atoms with Crippen molar-refractivity contribution >= 4 is 0 Å². The van der Waals surface area contributed by atoms with E-state index in [0.29, 0.717) is 5.41 Å². The van der Waals surface area contributed by atoms with Gasteiger partial charge in [0.1, 0.15) is 0 Å². The van der Waals surface area contributed by atoms with E-state index >= 15 is 0 Å². The van der Waals surface area contributed by atoms with E-state index < -0.39 is 0 Å². The van der Waals surface area contributed by atoms with Crippen LogP contribution < -0.4 is 0 Å². The van der Waals surface area contributed by atoms with Crippen molar-refractivity contribution in [3.63, 3.8) is 0 Å². The lowest BCUT2D eigenvalue weighted by Crippen LogP contribution is -2.08. The van der Waals surface area contributed by atoms with Gasteiger partial charge >= 0.3 is 0 Å². The lowest BCUT2D eigenvalue weighted by atomic mass is 9.84. The van der Waals surface area contributed by atoms with E-state index in [1.165, 1.54) is 41.6 Å². The molecule has 0 saturated heterocycles. The number of rotatable bonds is 4. The summed E-state index contributed by atoms with van der Waals surface area (Å²) in [6.45, 7) is 47.4. The average Bonchev–Trinajstić information content (AvgIpc) is 2.67. The average molecular weight is 491 g/mol. The smallest absolute Gasteiger partial charge is 0.0170 e. The summed E-state index contributed by atoms with van der Waals surface area (Å²) in [7, 11) is 0. The molecule has 0 nitrogen and oxygen atoms in total. The third kappa shape index (κ3) is 43.2. The Balaban J connectivity index is -0.000000120. The van der Waals surface area contributed by atoms with Gasteiger partial charge in [0.15, 0.2) is 0 Å². The summed E-state index contributed by atoms with van der Waals surface area (Å²) in [5.41, 5.74) is 7.04. The highest BCUT2D eigenvalue weighted by atomic mass is 14.2. The summed E-state index contributed by atoms with van der Waals surface area (Å²) in [4.78, 5) is 0. The van der Waals surface area contributed by atoms with Gasteiger partial charge in [0.2, 0.25) is 0 Å². The number of hydrogen-bond acceptors (Lipinski definition) is 0. The largest absolute Gasteiger partial charge is 0.100 e. The van der Waals surface area contributed by atoms with E-state index in [2.05, 4.69) is 101 Å². The zero-order valence-corrected chi connectivity index (χ0v) is 27.9. The zero-order chi connectivity index (χ0) is 29.4. The van der Waals surface area contributed by atoms with Crippen molar-refractivity contribution in [2.75, 3.05) is 0 Å². The van der Waals surface area contributed by atoms with E-state index in [0.717, 1.165) is 24.3 Å². The molecule has 0 radical (unpaired) electrons. The van der Waals surface area contributed by atoms with Crippen molar-refractivity contribution in [3.05, 3.63) is 59.8 Å². The molecule has 0 aliphatic heterocycles. The Morgan fingerprint density at radius 2 is 1.11 bits per heavy atom. The Labute approximate surface area is 226 Å². The van der Waals surface area contributed by atoms with Gasteiger partial charge in [0.05, 0.1) is 0 Å². The molecule has 0 unspecified atom stereocenters. The normalized spacial score (nSPS) is 13.2. The van der Waals surface area contributed by atoms with Gasteiger partial charge in [-0.1, -0.05) is 143 Å². The molecule has 35 heavy (non-hydrogen) atoms. The van der Waals surface area contributed by atoms with Gasteiger partial charge in [-0.3, -0.25) is 0 Å². The molecule has 0 aromatic carbocycles. The van der Waals surface area contributed by atoms with Crippen LogP contribution in [0.25, 0.3) is 0 Å². The van der Waals surface area contributed by atoms with E-state index in [1.54, 1.807) is 0 Å². The number of hydrogen-bond donors (Lipinski definition) is 0. The third-order valence-corrected chi connectivity index (χ3v) is 4.78. The Morgan fingerprint density at radius 1 is 0.771 bits per heavy atom. The van der Waals surface area contributed by atoms with Crippen LogP contribution in [0.15, 0.2) is 59.8 Å². The van der Waals surface area contributed by atoms with Crippen LogP contribution in [0.1, 0.15) is 150 Å². The van der Waals surface area contributed by atoms with Gasteiger partial charge in [0, 0.05) is 0 Å². The second-order valence-electron chi connectivity index (χ2n) is 11.9. The lowest BCUT2D eigenvalue weighted by Gasteiger charge is -2.21. The maximum absolute atomic E-state index is 3.92. The van der Waals surface area contributed by atoms with Gasteiger partial charge in [-0.15, -0.1) is 13.2 Å². The van der Waals surface area contributed by atoms with Gasteiger partial charge in [-0.2, -0.15) is 0 Å². The molecular weight excluding hydrogens is 420 g/mol. The van der Waals surface area contributed by atoms with Crippen molar-refractivity contribution in [1.82, 2.24) is 0 Å². The first-order chi connectivity index (χ1) is 15.8. The molecule has 1 rings (SSSR count). The van der Waals surface area contributed by atoms with Gasteiger partial charge < -0.3 is 0 Å². The topological polar surface area (TPSA) is 0 Å². The molecule has 0 aromatic heterocycles. The van der Waals surface area contributed by atoms with Crippen LogP contribution >= 0.6 is 0 Å². The fourth-order valence-electron chi connectivity index (χ4n) is 2.78. The van der Waals surface area contributed by atoms with Crippen molar-refractivity contribution < 1.29 is 0 Å². The molecule has 1 saturated carbocycles. The van der Waals surface area contributed by atoms with E-state index in [9.17, 15) is 0 Å². The molecule has 0 heteroatoms. The predicted octanol–water partition coefficient (Wildman–Crippen LogP) is 13.3. The molecule has 0 amide bonds. The van der Waals surface area contributed by atoms with Crippen LogP contribution in [0.4, 0.5) is 0 Å². The second kappa shape index (κ2) is 25.8. The van der Waals surface area contributed by atoms with Crippen LogP contribution in [0, 0.1) is 16.7 Å². The van der Waals surface area contributed by atoms with Gasteiger partial charge in [0.25, 0.3) is 0 Å². The SMILES string of the molecule is C=C(C)/C(C)=C\C=C(/CC)C(C)(C)C.C=C(C)C.C=C(C)CC(C)(C)C.CC.CC.CC1CCC1. The molecule has 1 fully saturated rings. The molecule has 0 aromatic rings. The van der Waals surface area contributed by atoms with E-state index in [-0.39, 0.29) is 5.41 Å². The molecule has 0 N–H and O–H groups in total. The van der Waals surface area contributed by atoms with Crippen molar-refractivity contribution in [3.8, 4) is 0 Å². The minimum atomic E-state index is 0.278. The quantitative estimate of drug-likeness (QED) is 0.271. The zero-order valence-electron chi connectivity index (χ0n) is 27.9. The monoisotopic (exact) mass is 491 g/mol. The summed E-state index contributed by atoms with van der Waals surface area (Å²) >= 11 is 0. The number of allylic oxidation sites excluding steroid dienone is 7.